The van der Waals surface area contributed by atoms with Crippen LogP contribution in [0.4, 0.5) is 0 Å². The van der Waals surface area contributed by atoms with Gasteiger partial charge in [0.2, 0.25) is 5.91 Å². The lowest BCUT2D eigenvalue weighted by Gasteiger charge is -2.26. The number of halogens is 1. The molecule has 3 N–H and O–H groups in total. The van der Waals surface area contributed by atoms with Gasteiger partial charge in [0.25, 0.3) is 0 Å². The first-order valence-electron chi connectivity index (χ1n) is 10.5. The Labute approximate surface area is 187 Å². The third kappa shape index (κ3) is 5.16. The van der Waals surface area contributed by atoms with Gasteiger partial charge in [-0.15, -0.1) is 0 Å². The smallest absolute Gasteiger partial charge is 0.241 e. The number of carbonyl (C=O) groups excluding carboxylic acids is 1. The van der Waals surface area contributed by atoms with Crippen molar-refractivity contribution in [3.63, 3.8) is 0 Å². The molecule has 2 atom stereocenters. The van der Waals surface area contributed by atoms with Crippen molar-refractivity contribution in [2.45, 2.75) is 24.9 Å². The van der Waals surface area contributed by atoms with Crippen LogP contribution in [0, 0.1) is 0 Å². The minimum absolute atomic E-state index is 0.00233. The summed E-state index contributed by atoms with van der Waals surface area (Å²) in [5.41, 5.74) is 4.42. The summed E-state index contributed by atoms with van der Waals surface area (Å²) in [6.45, 7) is 0. The van der Waals surface area contributed by atoms with Crippen LogP contribution in [0.5, 0.6) is 0 Å². The molecule has 0 spiro atoms. The Kier molecular flexibility index (Phi) is 6.70. The lowest BCUT2D eigenvalue weighted by molar-refractivity contribution is -0.123. The van der Waals surface area contributed by atoms with E-state index in [0.29, 0.717) is 0 Å². The molecular weight excluding hydrogens is 406 g/mol. The number of benzene rings is 3. The highest BCUT2D eigenvalue weighted by Gasteiger charge is 2.24. The summed E-state index contributed by atoms with van der Waals surface area (Å²) in [7, 11) is 1.68. The first-order chi connectivity index (χ1) is 15.1. The van der Waals surface area contributed by atoms with E-state index < -0.39 is 6.04 Å². The molecule has 4 aromatic rings. The number of likely N-dealkylation sites (N-methyl/N-ethyl adjacent to an activating group) is 1. The number of hydrogen-bond acceptors (Lipinski definition) is 2. The first-order valence-corrected chi connectivity index (χ1v) is 10.9. The molecular formula is C26H26ClN3O. The van der Waals surface area contributed by atoms with Gasteiger partial charge in [-0.2, -0.15) is 0 Å². The number of aromatic nitrogens is 1. The zero-order valence-electron chi connectivity index (χ0n) is 17.4. The Morgan fingerprint density at radius 2 is 1.74 bits per heavy atom. The Morgan fingerprint density at radius 3 is 2.48 bits per heavy atom. The third-order valence-electron chi connectivity index (χ3n) is 5.62. The number of fused-ring (bicyclic) bond motifs is 1. The van der Waals surface area contributed by atoms with Crippen molar-refractivity contribution in [3.8, 4) is 0 Å². The molecule has 0 radical (unpaired) electrons. The molecule has 31 heavy (non-hydrogen) atoms. The second kappa shape index (κ2) is 9.82. The summed E-state index contributed by atoms with van der Waals surface area (Å²) in [4.78, 5) is 16.0. The maximum atomic E-state index is 12.8. The van der Waals surface area contributed by atoms with Crippen LogP contribution < -0.4 is 10.6 Å². The van der Waals surface area contributed by atoms with E-state index in [9.17, 15) is 4.79 Å². The largest absolute Gasteiger partial charge is 0.361 e. The molecule has 0 unspecified atom stereocenters. The quantitative estimate of drug-likeness (QED) is 0.341. The third-order valence-corrected chi connectivity index (χ3v) is 5.88. The molecule has 3 aromatic carbocycles. The molecule has 0 aliphatic rings. The molecule has 0 saturated heterocycles. The fourth-order valence-corrected chi connectivity index (χ4v) is 4.04. The van der Waals surface area contributed by atoms with E-state index in [0.717, 1.165) is 39.9 Å². The summed E-state index contributed by atoms with van der Waals surface area (Å²) >= 11 is 6.04. The van der Waals surface area contributed by atoms with Gasteiger partial charge in [-0.05, 0) is 65.3 Å². The van der Waals surface area contributed by atoms with Crippen molar-refractivity contribution >= 4 is 28.4 Å². The Hall–Kier alpha value is -3.08. The summed E-state index contributed by atoms with van der Waals surface area (Å²) in [6, 6.07) is 25.8. The lowest BCUT2D eigenvalue weighted by Crippen LogP contribution is -2.38. The fourth-order valence-electron chi connectivity index (χ4n) is 3.91. The number of aromatic amines is 1. The topological polar surface area (TPSA) is 56.9 Å². The molecule has 1 aromatic heterocycles. The van der Waals surface area contributed by atoms with Gasteiger partial charge in [0.05, 0.1) is 0 Å². The molecule has 0 aliphatic heterocycles. The van der Waals surface area contributed by atoms with Crippen LogP contribution in [0.15, 0.2) is 85.1 Å². The van der Waals surface area contributed by atoms with Gasteiger partial charge in [0.15, 0.2) is 0 Å². The Balaban J connectivity index is 1.64. The molecule has 0 saturated carbocycles. The monoisotopic (exact) mass is 431 g/mol. The van der Waals surface area contributed by atoms with Crippen molar-refractivity contribution < 1.29 is 4.79 Å². The molecule has 4 nitrogen and oxygen atoms in total. The van der Waals surface area contributed by atoms with E-state index in [4.69, 9.17) is 11.6 Å². The van der Waals surface area contributed by atoms with Gasteiger partial charge in [0, 0.05) is 29.8 Å². The molecule has 0 aliphatic carbocycles. The standard InChI is InChI=1S/C26H26ClN3O/c1-28-26(31)25(19-5-3-2-4-6-19)30-24(13-9-18-7-11-22(27)12-8-18)20-10-14-23-21(17-20)15-16-29-23/h2-8,10-12,14-17,24-25,29-30H,9,13H2,1H3,(H,28,31)/t24-,25+/m1/s1. The minimum atomic E-state index is -0.441. The number of hydrogen-bond donors (Lipinski definition) is 3. The van der Waals surface area contributed by atoms with Crippen LogP contribution in [0.25, 0.3) is 10.9 Å². The second-order valence-corrected chi connectivity index (χ2v) is 8.10. The van der Waals surface area contributed by atoms with Crippen LogP contribution in [0.1, 0.15) is 35.2 Å². The maximum Gasteiger partial charge on any atom is 0.241 e. The molecule has 0 fully saturated rings. The summed E-state index contributed by atoms with van der Waals surface area (Å²) in [6.07, 6.45) is 3.66. The van der Waals surface area contributed by atoms with Crippen LogP contribution in [-0.4, -0.2) is 17.9 Å². The zero-order valence-corrected chi connectivity index (χ0v) is 18.2. The van der Waals surface area contributed by atoms with Crippen molar-refractivity contribution in [3.05, 3.63) is 107 Å². The second-order valence-electron chi connectivity index (χ2n) is 7.67. The SMILES string of the molecule is CNC(=O)[C@@H](N[C@H](CCc1ccc(Cl)cc1)c1ccc2[nH]ccc2c1)c1ccccc1. The van der Waals surface area contributed by atoms with Gasteiger partial charge in [-0.3, -0.25) is 10.1 Å². The van der Waals surface area contributed by atoms with E-state index in [1.165, 1.54) is 5.56 Å². The molecule has 1 heterocycles. The van der Waals surface area contributed by atoms with Gasteiger partial charge in [-0.1, -0.05) is 60.1 Å². The van der Waals surface area contributed by atoms with E-state index in [-0.39, 0.29) is 11.9 Å². The van der Waals surface area contributed by atoms with Crippen molar-refractivity contribution in [2.24, 2.45) is 0 Å². The number of rotatable bonds is 8. The number of aryl methyl sites for hydroxylation is 1. The van der Waals surface area contributed by atoms with E-state index >= 15 is 0 Å². The molecule has 5 heteroatoms. The zero-order chi connectivity index (χ0) is 21.6. The molecule has 1 amide bonds. The van der Waals surface area contributed by atoms with Crippen LogP contribution in [0.3, 0.4) is 0 Å². The van der Waals surface area contributed by atoms with Gasteiger partial charge < -0.3 is 10.3 Å². The van der Waals surface area contributed by atoms with Gasteiger partial charge in [-0.25, -0.2) is 0 Å². The molecule has 0 bridgehead atoms. The summed E-state index contributed by atoms with van der Waals surface area (Å²) < 4.78 is 0. The van der Waals surface area contributed by atoms with Crippen LogP contribution >= 0.6 is 11.6 Å². The highest BCUT2D eigenvalue weighted by atomic mass is 35.5. The average Bonchev–Trinajstić information content (AvgIpc) is 3.28. The average molecular weight is 432 g/mol. The number of amides is 1. The maximum absolute atomic E-state index is 12.8. The Morgan fingerprint density at radius 1 is 0.968 bits per heavy atom. The van der Waals surface area contributed by atoms with Gasteiger partial charge in [0.1, 0.15) is 6.04 Å². The number of nitrogens with one attached hydrogen (secondary N) is 3. The summed E-state index contributed by atoms with van der Waals surface area (Å²) in [5.74, 6) is -0.0505. The van der Waals surface area contributed by atoms with E-state index in [1.54, 1.807) is 7.05 Å². The molecule has 158 valence electrons. The number of H-pyrrole nitrogens is 1. The molecule has 4 rings (SSSR count). The number of carbonyl (C=O) groups is 1. The van der Waals surface area contributed by atoms with Crippen molar-refractivity contribution in [1.82, 2.24) is 15.6 Å². The lowest BCUT2D eigenvalue weighted by atomic mass is 9.95. The minimum Gasteiger partial charge on any atom is -0.361 e. The predicted molar refractivity (Wildman–Crippen MR) is 127 cm³/mol. The van der Waals surface area contributed by atoms with E-state index in [2.05, 4.69) is 52.0 Å². The fraction of sp³-hybridized carbons (Fsp3) is 0.192. The van der Waals surface area contributed by atoms with Crippen molar-refractivity contribution in [2.75, 3.05) is 7.05 Å². The van der Waals surface area contributed by atoms with Crippen molar-refractivity contribution in [1.29, 1.82) is 0 Å². The highest BCUT2D eigenvalue weighted by molar-refractivity contribution is 6.30. The highest BCUT2D eigenvalue weighted by Crippen LogP contribution is 2.27. The Bertz CT molecular complexity index is 1140. The van der Waals surface area contributed by atoms with Crippen LogP contribution in [-0.2, 0) is 11.2 Å². The van der Waals surface area contributed by atoms with Gasteiger partial charge >= 0.3 is 0 Å². The van der Waals surface area contributed by atoms with E-state index in [1.807, 2.05) is 48.7 Å². The summed E-state index contributed by atoms with van der Waals surface area (Å²) in [5, 5.41) is 8.33. The first kappa shape index (κ1) is 21.2. The van der Waals surface area contributed by atoms with Crippen LogP contribution in [0.2, 0.25) is 5.02 Å². The normalized spacial score (nSPS) is 13.1. The predicted octanol–water partition coefficient (Wildman–Crippen LogP) is 5.57.